The SMILES string of the molecule is CN1CCN(CC2CN(Cc3ccccc3)CCCO2)CCC1=O. The third-order valence-corrected chi connectivity index (χ3v) is 4.96. The number of likely N-dealkylation sites (N-methyl/N-ethyl adjacent to an activating group) is 1. The van der Waals surface area contributed by atoms with Gasteiger partial charge in [-0.15, -0.1) is 0 Å². The maximum Gasteiger partial charge on any atom is 0.223 e. The second-order valence-corrected chi connectivity index (χ2v) is 6.93. The normalized spacial score (nSPS) is 24.6. The lowest BCUT2D eigenvalue weighted by atomic mass is 10.2. The summed E-state index contributed by atoms with van der Waals surface area (Å²) in [6, 6.07) is 10.7. The molecule has 5 heteroatoms. The van der Waals surface area contributed by atoms with Crippen LogP contribution < -0.4 is 0 Å². The molecule has 0 saturated carbocycles. The second kappa shape index (κ2) is 8.60. The summed E-state index contributed by atoms with van der Waals surface area (Å²) in [5.74, 6) is 0.255. The van der Waals surface area contributed by atoms with E-state index in [1.807, 2.05) is 11.9 Å². The Bertz CT molecular complexity index is 523. The molecule has 1 aromatic carbocycles. The van der Waals surface area contributed by atoms with Gasteiger partial charge in [-0.1, -0.05) is 30.3 Å². The first kappa shape index (κ1) is 17.4. The summed E-state index contributed by atoms with van der Waals surface area (Å²) >= 11 is 0. The van der Waals surface area contributed by atoms with Gasteiger partial charge in [0.2, 0.25) is 5.91 Å². The van der Waals surface area contributed by atoms with Crippen LogP contribution in [0.2, 0.25) is 0 Å². The molecule has 1 unspecified atom stereocenters. The zero-order chi connectivity index (χ0) is 16.8. The maximum absolute atomic E-state index is 11.8. The van der Waals surface area contributed by atoms with Gasteiger partial charge in [0.05, 0.1) is 6.10 Å². The number of carbonyl (C=O) groups excluding carboxylic acids is 1. The van der Waals surface area contributed by atoms with E-state index in [1.165, 1.54) is 5.56 Å². The van der Waals surface area contributed by atoms with Gasteiger partial charge < -0.3 is 9.64 Å². The van der Waals surface area contributed by atoms with Crippen molar-refractivity contribution in [2.24, 2.45) is 0 Å². The average Bonchev–Trinajstić information content (AvgIpc) is 2.90. The lowest BCUT2D eigenvalue weighted by Gasteiger charge is -2.28. The molecule has 2 saturated heterocycles. The highest BCUT2D eigenvalue weighted by Gasteiger charge is 2.24. The topological polar surface area (TPSA) is 36.0 Å². The van der Waals surface area contributed by atoms with Gasteiger partial charge in [-0.3, -0.25) is 14.6 Å². The van der Waals surface area contributed by atoms with E-state index < -0.39 is 0 Å². The van der Waals surface area contributed by atoms with Crippen LogP contribution in [0, 0.1) is 0 Å². The van der Waals surface area contributed by atoms with Crippen molar-refractivity contribution in [1.29, 1.82) is 0 Å². The molecule has 0 bridgehead atoms. The smallest absolute Gasteiger partial charge is 0.223 e. The van der Waals surface area contributed by atoms with Crippen molar-refractivity contribution in [3.63, 3.8) is 0 Å². The number of hydrogen-bond donors (Lipinski definition) is 0. The summed E-state index contributed by atoms with van der Waals surface area (Å²) in [7, 11) is 1.90. The molecule has 0 aliphatic carbocycles. The fourth-order valence-electron chi connectivity index (χ4n) is 3.51. The van der Waals surface area contributed by atoms with Crippen molar-refractivity contribution >= 4 is 5.91 Å². The third-order valence-electron chi connectivity index (χ3n) is 4.96. The van der Waals surface area contributed by atoms with Crippen LogP contribution in [0.4, 0.5) is 0 Å². The number of carbonyl (C=O) groups is 1. The van der Waals surface area contributed by atoms with E-state index in [0.29, 0.717) is 6.42 Å². The quantitative estimate of drug-likeness (QED) is 0.836. The van der Waals surface area contributed by atoms with Gasteiger partial charge in [0.25, 0.3) is 0 Å². The highest BCUT2D eigenvalue weighted by atomic mass is 16.5. The Labute approximate surface area is 145 Å². The molecule has 2 fully saturated rings. The molecule has 0 spiro atoms. The minimum Gasteiger partial charge on any atom is -0.376 e. The summed E-state index contributed by atoms with van der Waals surface area (Å²) in [6.45, 7) is 7.42. The van der Waals surface area contributed by atoms with Crippen molar-refractivity contribution in [3.05, 3.63) is 35.9 Å². The van der Waals surface area contributed by atoms with Crippen LogP contribution in [-0.4, -0.2) is 79.6 Å². The molecule has 0 aromatic heterocycles. The summed E-state index contributed by atoms with van der Waals surface area (Å²) in [6.07, 6.45) is 1.94. The van der Waals surface area contributed by atoms with Gasteiger partial charge in [0.1, 0.15) is 0 Å². The van der Waals surface area contributed by atoms with E-state index in [0.717, 1.165) is 58.8 Å². The molecule has 2 heterocycles. The van der Waals surface area contributed by atoms with Crippen molar-refractivity contribution < 1.29 is 9.53 Å². The number of rotatable bonds is 4. The van der Waals surface area contributed by atoms with Gasteiger partial charge >= 0.3 is 0 Å². The highest BCUT2D eigenvalue weighted by Crippen LogP contribution is 2.13. The molecule has 1 amide bonds. The molecule has 24 heavy (non-hydrogen) atoms. The van der Waals surface area contributed by atoms with Gasteiger partial charge in [-0.2, -0.15) is 0 Å². The Morgan fingerprint density at radius 3 is 2.75 bits per heavy atom. The van der Waals surface area contributed by atoms with Crippen LogP contribution in [0.1, 0.15) is 18.4 Å². The minimum absolute atomic E-state index is 0.231. The standard InChI is InChI=1S/C19H29N3O2/c1-20-11-12-21(10-8-19(20)23)15-18-16-22(9-5-13-24-18)14-17-6-3-2-4-7-17/h2-4,6-7,18H,5,8-16H2,1H3. The zero-order valence-corrected chi connectivity index (χ0v) is 14.7. The van der Waals surface area contributed by atoms with Crippen LogP contribution in [-0.2, 0) is 16.1 Å². The summed E-state index contributed by atoms with van der Waals surface area (Å²) in [5, 5.41) is 0. The Hall–Kier alpha value is -1.43. The van der Waals surface area contributed by atoms with E-state index in [4.69, 9.17) is 4.74 Å². The molecule has 0 radical (unpaired) electrons. The summed E-state index contributed by atoms with van der Waals surface area (Å²) < 4.78 is 6.09. The Morgan fingerprint density at radius 1 is 1.08 bits per heavy atom. The van der Waals surface area contributed by atoms with Crippen molar-refractivity contribution in [2.45, 2.75) is 25.5 Å². The van der Waals surface area contributed by atoms with Crippen LogP contribution >= 0.6 is 0 Å². The molecular weight excluding hydrogens is 302 g/mol. The molecule has 2 aliphatic heterocycles. The van der Waals surface area contributed by atoms with Crippen LogP contribution in [0.25, 0.3) is 0 Å². The largest absolute Gasteiger partial charge is 0.376 e. The summed E-state index contributed by atoms with van der Waals surface area (Å²) in [4.78, 5) is 18.6. The molecule has 0 N–H and O–H groups in total. The zero-order valence-electron chi connectivity index (χ0n) is 14.7. The molecule has 2 aliphatic rings. The minimum atomic E-state index is 0.231. The second-order valence-electron chi connectivity index (χ2n) is 6.93. The van der Waals surface area contributed by atoms with Gasteiger partial charge in [0.15, 0.2) is 0 Å². The molecule has 1 atom stereocenters. The molecule has 1 aromatic rings. The Morgan fingerprint density at radius 2 is 1.92 bits per heavy atom. The van der Waals surface area contributed by atoms with Gasteiger partial charge in [-0.25, -0.2) is 0 Å². The number of nitrogens with zero attached hydrogens (tertiary/aromatic N) is 3. The lowest BCUT2D eigenvalue weighted by molar-refractivity contribution is -0.129. The first-order valence-electron chi connectivity index (χ1n) is 9.05. The predicted molar refractivity (Wildman–Crippen MR) is 94.8 cm³/mol. The van der Waals surface area contributed by atoms with Crippen LogP contribution in [0.5, 0.6) is 0 Å². The highest BCUT2D eigenvalue weighted by molar-refractivity contribution is 5.76. The molecule has 132 valence electrons. The number of hydrogen-bond acceptors (Lipinski definition) is 4. The van der Waals surface area contributed by atoms with E-state index in [9.17, 15) is 4.79 Å². The van der Waals surface area contributed by atoms with Crippen LogP contribution in [0.3, 0.4) is 0 Å². The monoisotopic (exact) mass is 331 g/mol. The first-order chi connectivity index (χ1) is 11.7. The van der Waals surface area contributed by atoms with Crippen LogP contribution in [0.15, 0.2) is 30.3 Å². The predicted octanol–water partition coefficient (Wildman–Crippen LogP) is 1.44. The number of ether oxygens (including phenoxy) is 1. The van der Waals surface area contributed by atoms with E-state index in [2.05, 4.69) is 40.1 Å². The molecule has 3 rings (SSSR count). The van der Waals surface area contributed by atoms with E-state index in [1.54, 1.807) is 0 Å². The Kier molecular flexibility index (Phi) is 6.24. The van der Waals surface area contributed by atoms with Gasteiger partial charge in [-0.05, 0) is 12.0 Å². The third kappa shape index (κ3) is 5.03. The van der Waals surface area contributed by atoms with Crippen molar-refractivity contribution in [2.75, 3.05) is 52.9 Å². The average molecular weight is 331 g/mol. The van der Waals surface area contributed by atoms with E-state index >= 15 is 0 Å². The Balaban J connectivity index is 1.54. The maximum atomic E-state index is 11.8. The fourth-order valence-corrected chi connectivity index (χ4v) is 3.51. The fraction of sp³-hybridized carbons (Fsp3) is 0.632. The summed E-state index contributed by atoms with van der Waals surface area (Å²) in [5.41, 5.74) is 1.36. The van der Waals surface area contributed by atoms with Crippen molar-refractivity contribution in [1.82, 2.24) is 14.7 Å². The van der Waals surface area contributed by atoms with Gasteiger partial charge in [0, 0.05) is 65.9 Å². The lowest BCUT2D eigenvalue weighted by Crippen LogP contribution is -2.41. The van der Waals surface area contributed by atoms with Crippen molar-refractivity contribution in [3.8, 4) is 0 Å². The van der Waals surface area contributed by atoms with E-state index in [-0.39, 0.29) is 12.0 Å². The first-order valence-corrected chi connectivity index (χ1v) is 9.05. The number of benzene rings is 1. The number of amides is 1. The molecular formula is C19H29N3O2. The molecule has 5 nitrogen and oxygen atoms in total.